The molecule has 1 unspecified atom stereocenters. The molecule has 3 rings (SSSR count). The molecular formula is C23H31F4N3O3. The Labute approximate surface area is 191 Å². The number of allylic oxidation sites excluding steroid dienone is 1. The van der Waals surface area contributed by atoms with Gasteiger partial charge >= 0.3 is 6.61 Å². The molecule has 1 aromatic rings. The van der Waals surface area contributed by atoms with Crippen LogP contribution >= 0.6 is 0 Å². The molecule has 1 aliphatic heterocycles. The van der Waals surface area contributed by atoms with Crippen LogP contribution in [0.4, 0.5) is 17.6 Å². The second kappa shape index (κ2) is 11.0. The van der Waals surface area contributed by atoms with Crippen molar-refractivity contribution < 1.29 is 31.8 Å². The number of rotatable bonds is 6. The van der Waals surface area contributed by atoms with Crippen LogP contribution in [0.2, 0.25) is 0 Å². The largest absolute Gasteiger partial charge is 0.489 e. The molecule has 1 saturated carbocycles. The number of aliphatic imine (C=N–C) groups is 1. The van der Waals surface area contributed by atoms with E-state index in [1.807, 2.05) is 20.8 Å². The highest BCUT2D eigenvalue weighted by molar-refractivity contribution is 6.05. The maximum absolute atomic E-state index is 12.4. The van der Waals surface area contributed by atoms with Crippen molar-refractivity contribution in [3.8, 4) is 5.75 Å². The summed E-state index contributed by atoms with van der Waals surface area (Å²) >= 11 is 0. The normalized spacial score (nSPS) is 23.8. The zero-order chi connectivity index (χ0) is 24.8. The molecule has 184 valence electrons. The van der Waals surface area contributed by atoms with Crippen LogP contribution in [0, 0.1) is 5.92 Å². The van der Waals surface area contributed by atoms with Gasteiger partial charge in [-0.25, -0.2) is 8.78 Å². The number of nitrogens with zero attached hydrogens (tertiary/aromatic N) is 1. The van der Waals surface area contributed by atoms with Gasteiger partial charge in [0.15, 0.2) is 5.76 Å². The first-order chi connectivity index (χ1) is 15.4. The summed E-state index contributed by atoms with van der Waals surface area (Å²) in [5, 5.41) is 2.85. The fourth-order valence-electron chi connectivity index (χ4n) is 3.65. The topological polar surface area (TPSA) is 85.9 Å². The van der Waals surface area contributed by atoms with Gasteiger partial charge in [0.1, 0.15) is 12.0 Å². The molecule has 0 amide bonds. The molecular weight excluding hydrogens is 442 g/mol. The van der Waals surface area contributed by atoms with E-state index in [4.69, 9.17) is 10.5 Å². The summed E-state index contributed by atoms with van der Waals surface area (Å²) in [6.07, 6.45) is 1.23. The van der Waals surface area contributed by atoms with Gasteiger partial charge < -0.3 is 25.3 Å². The Morgan fingerprint density at radius 1 is 1.33 bits per heavy atom. The number of aldehydes is 1. The second-order valence-electron chi connectivity index (χ2n) is 8.75. The van der Waals surface area contributed by atoms with Crippen molar-refractivity contribution in [2.24, 2.45) is 16.6 Å². The molecule has 3 N–H and O–H groups in total. The summed E-state index contributed by atoms with van der Waals surface area (Å²) in [5.41, 5.74) is 7.23. The van der Waals surface area contributed by atoms with Crippen molar-refractivity contribution in [2.45, 2.75) is 64.1 Å². The number of carbonyl (C=O) groups is 1. The van der Waals surface area contributed by atoms with Crippen LogP contribution in [-0.2, 0) is 9.53 Å². The lowest BCUT2D eigenvalue weighted by atomic mass is 9.75. The molecule has 33 heavy (non-hydrogen) atoms. The van der Waals surface area contributed by atoms with Crippen LogP contribution in [0.5, 0.6) is 5.75 Å². The Morgan fingerprint density at radius 3 is 2.48 bits per heavy atom. The number of ether oxygens (including phenoxy) is 2. The minimum Gasteiger partial charge on any atom is -0.489 e. The van der Waals surface area contributed by atoms with Crippen LogP contribution in [0.3, 0.4) is 0 Å². The zero-order valence-corrected chi connectivity index (χ0v) is 19.2. The fraction of sp³-hybridized carbons (Fsp3) is 0.565. The van der Waals surface area contributed by atoms with E-state index in [2.05, 4.69) is 15.0 Å². The molecule has 10 heteroatoms. The quantitative estimate of drug-likeness (QED) is 0.473. The van der Waals surface area contributed by atoms with Crippen molar-refractivity contribution in [3.63, 3.8) is 0 Å². The van der Waals surface area contributed by atoms with Gasteiger partial charge in [-0.1, -0.05) is 12.1 Å². The van der Waals surface area contributed by atoms with Crippen LogP contribution in [0.25, 0.3) is 5.70 Å². The minimum absolute atomic E-state index is 0.00491. The van der Waals surface area contributed by atoms with Gasteiger partial charge in [0.05, 0.1) is 23.9 Å². The third-order valence-corrected chi connectivity index (χ3v) is 5.28. The molecule has 1 aliphatic carbocycles. The average molecular weight is 474 g/mol. The van der Waals surface area contributed by atoms with Crippen molar-refractivity contribution in [3.05, 3.63) is 35.6 Å². The van der Waals surface area contributed by atoms with E-state index in [1.165, 1.54) is 12.1 Å². The number of halogens is 4. The third-order valence-electron chi connectivity index (χ3n) is 5.28. The van der Waals surface area contributed by atoms with E-state index < -0.39 is 12.5 Å². The van der Waals surface area contributed by atoms with Crippen LogP contribution in [0.1, 0.15) is 45.6 Å². The van der Waals surface area contributed by atoms with Gasteiger partial charge in [-0.2, -0.15) is 8.78 Å². The lowest BCUT2D eigenvalue weighted by Crippen LogP contribution is -2.57. The molecule has 1 heterocycles. The standard InChI is InChI=1S/C17H20F2N2O3.C6H11F2N/c1-10(2)21-14-6-11(8-22)9-23-16(14)15(20)12-4-3-5-13(7-12)24-17(18)19;1-5(9-2)3-6(7,8)4-5/h3-5,7-8,10-11,17H,6,9,20H2,1-2H3;9H,3-4H2,1-2H3/b16-15+,21-14?;. The molecule has 6 nitrogen and oxygen atoms in total. The first kappa shape index (κ1) is 26.6. The summed E-state index contributed by atoms with van der Waals surface area (Å²) < 4.78 is 59.1. The van der Waals surface area contributed by atoms with Gasteiger partial charge in [-0.05, 0) is 40.0 Å². The Morgan fingerprint density at radius 2 is 2.00 bits per heavy atom. The average Bonchev–Trinajstić information content (AvgIpc) is 2.71. The highest BCUT2D eigenvalue weighted by atomic mass is 19.3. The molecule has 2 aliphatic rings. The van der Waals surface area contributed by atoms with Gasteiger partial charge in [0, 0.05) is 36.4 Å². The zero-order valence-electron chi connectivity index (χ0n) is 19.2. The van der Waals surface area contributed by atoms with E-state index in [1.54, 1.807) is 19.2 Å². The first-order valence-electron chi connectivity index (χ1n) is 10.6. The van der Waals surface area contributed by atoms with E-state index in [9.17, 15) is 22.4 Å². The number of alkyl halides is 4. The van der Waals surface area contributed by atoms with Gasteiger partial charge in [0.25, 0.3) is 5.92 Å². The minimum atomic E-state index is -2.91. The number of nitrogens with one attached hydrogen (secondary N) is 1. The maximum atomic E-state index is 12.4. The summed E-state index contributed by atoms with van der Waals surface area (Å²) in [5.74, 6) is -2.28. The maximum Gasteiger partial charge on any atom is 0.387 e. The molecule has 0 spiro atoms. The predicted octanol–water partition coefficient (Wildman–Crippen LogP) is 4.39. The number of carbonyl (C=O) groups excluding carboxylic acids is 1. The van der Waals surface area contributed by atoms with E-state index in [0.29, 0.717) is 23.5 Å². The SMILES string of the molecule is CC(C)N=C1CC(C=O)CO/C1=C(/N)c1cccc(OC(F)F)c1.CNC1(C)CC(F)(F)C1. The van der Waals surface area contributed by atoms with Crippen LogP contribution in [0.15, 0.2) is 35.0 Å². The number of nitrogens with two attached hydrogens (primary N) is 1. The molecule has 0 radical (unpaired) electrons. The summed E-state index contributed by atoms with van der Waals surface area (Å²) in [7, 11) is 1.72. The number of hydrogen-bond acceptors (Lipinski definition) is 6. The van der Waals surface area contributed by atoms with Crippen molar-refractivity contribution in [2.75, 3.05) is 13.7 Å². The third kappa shape index (κ3) is 7.73. The molecule has 1 aromatic carbocycles. The van der Waals surface area contributed by atoms with Crippen molar-refractivity contribution >= 4 is 17.7 Å². The smallest absolute Gasteiger partial charge is 0.387 e. The highest BCUT2D eigenvalue weighted by Gasteiger charge is 2.52. The summed E-state index contributed by atoms with van der Waals surface area (Å²) in [6, 6.07) is 6.07. The summed E-state index contributed by atoms with van der Waals surface area (Å²) in [6.45, 7) is 2.92. The Balaban J connectivity index is 0.000000357. The number of benzene rings is 1. The molecule has 0 bridgehead atoms. The highest BCUT2D eigenvalue weighted by Crippen LogP contribution is 2.44. The molecule has 2 fully saturated rings. The Bertz CT molecular complexity index is 879. The number of hydrogen-bond donors (Lipinski definition) is 2. The van der Waals surface area contributed by atoms with Crippen LogP contribution < -0.4 is 15.8 Å². The lowest BCUT2D eigenvalue weighted by molar-refractivity contribution is -0.126. The fourth-order valence-corrected chi connectivity index (χ4v) is 3.65. The second-order valence-corrected chi connectivity index (χ2v) is 8.75. The van der Waals surface area contributed by atoms with Gasteiger partial charge in [-0.3, -0.25) is 4.99 Å². The van der Waals surface area contributed by atoms with Crippen molar-refractivity contribution in [1.29, 1.82) is 0 Å². The monoisotopic (exact) mass is 473 g/mol. The molecule has 1 atom stereocenters. The van der Waals surface area contributed by atoms with Crippen molar-refractivity contribution in [1.82, 2.24) is 5.32 Å². The van der Waals surface area contributed by atoms with Gasteiger partial charge in [0.2, 0.25) is 0 Å². The first-order valence-corrected chi connectivity index (χ1v) is 10.6. The Hall–Kier alpha value is -2.62. The van der Waals surface area contributed by atoms with Gasteiger partial charge in [-0.15, -0.1) is 0 Å². The lowest BCUT2D eigenvalue weighted by Gasteiger charge is -2.44. The Kier molecular flexibility index (Phi) is 8.88. The molecule has 1 saturated heterocycles. The van der Waals surface area contributed by atoms with E-state index in [0.717, 1.165) is 6.29 Å². The van der Waals surface area contributed by atoms with E-state index in [-0.39, 0.29) is 48.4 Å². The summed E-state index contributed by atoms with van der Waals surface area (Å²) in [4.78, 5) is 15.5. The van der Waals surface area contributed by atoms with E-state index >= 15 is 0 Å². The van der Waals surface area contributed by atoms with Crippen LogP contribution in [-0.4, -0.2) is 49.8 Å². The predicted molar refractivity (Wildman–Crippen MR) is 119 cm³/mol. The molecule has 0 aromatic heterocycles.